The molecule has 2 aromatic rings. The standard InChI is InChI=1S/C25H34N2O3S/c1-3-5-7-8-15-26-25(30)27(16-6-4-2)21-12-10-14-23(19-21)31-22-13-9-11-20(17-22)18-24(28)29/h9-14,17,19H,3-8,15-16,18H2,1-2H3,(H,26,30)(H,28,29). The normalized spacial score (nSPS) is 10.6. The summed E-state index contributed by atoms with van der Waals surface area (Å²) in [5.41, 5.74) is 1.66. The lowest BCUT2D eigenvalue weighted by Gasteiger charge is -2.23. The smallest absolute Gasteiger partial charge is 0.321 e. The van der Waals surface area contributed by atoms with Crippen LogP contribution in [0.3, 0.4) is 0 Å². The molecule has 0 aliphatic heterocycles. The number of carbonyl (C=O) groups is 2. The largest absolute Gasteiger partial charge is 0.481 e. The van der Waals surface area contributed by atoms with Crippen LogP contribution < -0.4 is 10.2 Å². The number of unbranched alkanes of at least 4 members (excludes halogenated alkanes) is 4. The van der Waals surface area contributed by atoms with E-state index in [1.807, 2.05) is 53.4 Å². The van der Waals surface area contributed by atoms with E-state index < -0.39 is 5.97 Å². The molecule has 0 aliphatic carbocycles. The Kier molecular flexibility index (Phi) is 11.0. The summed E-state index contributed by atoms with van der Waals surface area (Å²) in [6, 6.07) is 15.5. The van der Waals surface area contributed by atoms with Gasteiger partial charge in [-0.3, -0.25) is 9.69 Å². The van der Waals surface area contributed by atoms with Gasteiger partial charge in [-0.25, -0.2) is 4.79 Å². The zero-order chi connectivity index (χ0) is 22.5. The molecule has 168 valence electrons. The summed E-state index contributed by atoms with van der Waals surface area (Å²) in [6.07, 6.45) is 6.49. The first-order valence-corrected chi connectivity index (χ1v) is 12.0. The van der Waals surface area contributed by atoms with Crippen LogP contribution in [0.25, 0.3) is 0 Å². The molecule has 0 aliphatic rings. The van der Waals surface area contributed by atoms with Gasteiger partial charge in [-0.15, -0.1) is 0 Å². The summed E-state index contributed by atoms with van der Waals surface area (Å²) < 4.78 is 0. The second kappa shape index (κ2) is 13.8. The first-order chi connectivity index (χ1) is 15.0. The molecule has 0 spiro atoms. The van der Waals surface area contributed by atoms with Crippen LogP contribution in [0, 0.1) is 0 Å². The van der Waals surface area contributed by atoms with Crippen molar-refractivity contribution in [2.45, 2.75) is 68.6 Å². The number of carboxylic acids is 1. The summed E-state index contributed by atoms with van der Waals surface area (Å²) in [6.45, 7) is 5.68. The van der Waals surface area contributed by atoms with Crippen molar-refractivity contribution in [2.75, 3.05) is 18.0 Å². The lowest BCUT2D eigenvalue weighted by molar-refractivity contribution is -0.136. The zero-order valence-electron chi connectivity index (χ0n) is 18.6. The molecule has 31 heavy (non-hydrogen) atoms. The number of benzene rings is 2. The minimum Gasteiger partial charge on any atom is -0.481 e. The quantitative estimate of drug-likeness (QED) is 0.354. The molecule has 0 atom stereocenters. The Morgan fingerprint density at radius 2 is 1.65 bits per heavy atom. The number of anilines is 1. The highest BCUT2D eigenvalue weighted by atomic mass is 32.2. The third kappa shape index (κ3) is 9.05. The number of carbonyl (C=O) groups excluding carboxylic acids is 1. The first kappa shape index (κ1) is 24.8. The highest BCUT2D eigenvalue weighted by molar-refractivity contribution is 7.99. The Labute approximate surface area is 190 Å². The maximum atomic E-state index is 12.9. The van der Waals surface area contributed by atoms with Gasteiger partial charge in [0.05, 0.1) is 6.42 Å². The average molecular weight is 443 g/mol. The summed E-state index contributed by atoms with van der Waals surface area (Å²) >= 11 is 1.57. The van der Waals surface area contributed by atoms with E-state index >= 15 is 0 Å². The Balaban J connectivity index is 2.09. The number of nitrogens with one attached hydrogen (secondary N) is 1. The molecule has 2 N–H and O–H groups in total. The van der Waals surface area contributed by atoms with Crippen LogP contribution >= 0.6 is 11.8 Å². The van der Waals surface area contributed by atoms with Crippen LogP contribution in [0.4, 0.5) is 10.5 Å². The molecule has 0 aromatic heterocycles. The maximum Gasteiger partial charge on any atom is 0.321 e. The van der Waals surface area contributed by atoms with Gasteiger partial charge in [0, 0.05) is 28.6 Å². The Morgan fingerprint density at radius 1 is 0.935 bits per heavy atom. The molecule has 0 fully saturated rings. The zero-order valence-corrected chi connectivity index (χ0v) is 19.4. The molecule has 0 saturated carbocycles. The van der Waals surface area contributed by atoms with Crippen molar-refractivity contribution in [3.63, 3.8) is 0 Å². The third-order valence-corrected chi connectivity index (χ3v) is 5.89. The summed E-state index contributed by atoms with van der Waals surface area (Å²) in [7, 11) is 0. The van der Waals surface area contributed by atoms with Crippen LogP contribution in [-0.4, -0.2) is 30.2 Å². The predicted molar refractivity (Wildman–Crippen MR) is 128 cm³/mol. The third-order valence-electron chi connectivity index (χ3n) is 4.91. The van der Waals surface area contributed by atoms with Crippen LogP contribution in [-0.2, 0) is 11.2 Å². The lowest BCUT2D eigenvalue weighted by atomic mass is 10.2. The van der Waals surface area contributed by atoms with Crippen molar-refractivity contribution in [3.8, 4) is 0 Å². The predicted octanol–water partition coefficient (Wildman–Crippen LogP) is 6.36. The van der Waals surface area contributed by atoms with Crippen LogP contribution in [0.1, 0.15) is 57.9 Å². The molecule has 0 unspecified atom stereocenters. The lowest BCUT2D eigenvalue weighted by Crippen LogP contribution is -2.41. The second-order valence-electron chi connectivity index (χ2n) is 7.62. The molecular weight excluding hydrogens is 408 g/mol. The Hall–Kier alpha value is -2.47. The molecule has 2 amide bonds. The van der Waals surface area contributed by atoms with Crippen molar-refractivity contribution in [1.82, 2.24) is 5.32 Å². The average Bonchev–Trinajstić information content (AvgIpc) is 2.74. The van der Waals surface area contributed by atoms with E-state index in [1.165, 1.54) is 12.8 Å². The van der Waals surface area contributed by atoms with Gasteiger partial charge in [0.1, 0.15) is 0 Å². The second-order valence-corrected chi connectivity index (χ2v) is 8.76. The summed E-state index contributed by atoms with van der Waals surface area (Å²) in [4.78, 5) is 27.7. The number of hydrogen-bond acceptors (Lipinski definition) is 3. The fraction of sp³-hybridized carbons (Fsp3) is 0.440. The molecule has 5 nitrogen and oxygen atoms in total. The molecule has 0 radical (unpaired) electrons. The SMILES string of the molecule is CCCCCCNC(=O)N(CCCC)c1cccc(Sc2cccc(CC(=O)O)c2)c1. The Bertz CT molecular complexity index is 841. The molecular formula is C25H34N2O3S. The Morgan fingerprint density at radius 3 is 2.35 bits per heavy atom. The molecule has 0 heterocycles. The highest BCUT2D eigenvalue weighted by Crippen LogP contribution is 2.31. The fourth-order valence-electron chi connectivity index (χ4n) is 3.25. The topological polar surface area (TPSA) is 69.6 Å². The van der Waals surface area contributed by atoms with E-state index in [0.717, 1.165) is 46.7 Å². The van der Waals surface area contributed by atoms with Gasteiger partial charge in [0.25, 0.3) is 0 Å². The fourth-order valence-corrected chi connectivity index (χ4v) is 4.21. The molecule has 2 aromatic carbocycles. The number of aliphatic carboxylic acids is 1. The van der Waals surface area contributed by atoms with Gasteiger partial charge < -0.3 is 10.4 Å². The minimum atomic E-state index is -0.837. The van der Waals surface area contributed by atoms with Gasteiger partial charge in [0.2, 0.25) is 0 Å². The van der Waals surface area contributed by atoms with Gasteiger partial charge >= 0.3 is 12.0 Å². The number of nitrogens with zero attached hydrogens (tertiary/aromatic N) is 1. The van der Waals surface area contributed by atoms with E-state index in [9.17, 15) is 9.59 Å². The molecule has 0 bridgehead atoms. The van der Waals surface area contributed by atoms with Crippen molar-refractivity contribution in [1.29, 1.82) is 0 Å². The monoisotopic (exact) mass is 442 g/mol. The molecule has 6 heteroatoms. The van der Waals surface area contributed by atoms with Crippen LogP contribution in [0.2, 0.25) is 0 Å². The van der Waals surface area contributed by atoms with E-state index in [-0.39, 0.29) is 12.5 Å². The van der Waals surface area contributed by atoms with Crippen LogP contribution in [0.5, 0.6) is 0 Å². The van der Waals surface area contributed by atoms with Gasteiger partial charge in [-0.1, -0.05) is 69.5 Å². The number of hydrogen-bond donors (Lipinski definition) is 2. The first-order valence-electron chi connectivity index (χ1n) is 11.2. The van der Waals surface area contributed by atoms with Crippen molar-refractivity contribution >= 4 is 29.4 Å². The van der Waals surface area contributed by atoms with Gasteiger partial charge in [0.15, 0.2) is 0 Å². The molecule has 0 saturated heterocycles. The van der Waals surface area contributed by atoms with E-state index in [4.69, 9.17) is 5.11 Å². The van der Waals surface area contributed by atoms with Crippen LogP contribution in [0.15, 0.2) is 58.3 Å². The van der Waals surface area contributed by atoms with Gasteiger partial charge in [-0.05, 0) is 48.7 Å². The van der Waals surface area contributed by atoms with Crippen molar-refractivity contribution in [3.05, 3.63) is 54.1 Å². The maximum absolute atomic E-state index is 12.9. The highest BCUT2D eigenvalue weighted by Gasteiger charge is 2.15. The molecule has 2 rings (SSSR count). The number of rotatable bonds is 13. The van der Waals surface area contributed by atoms with E-state index in [0.29, 0.717) is 13.1 Å². The number of amides is 2. The van der Waals surface area contributed by atoms with E-state index in [1.54, 1.807) is 11.8 Å². The minimum absolute atomic E-state index is 0.0116. The summed E-state index contributed by atoms with van der Waals surface area (Å²) in [5, 5.41) is 12.1. The van der Waals surface area contributed by atoms with E-state index in [2.05, 4.69) is 19.2 Å². The number of urea groups is 1. The van der Waals surface area contributed by atoms with Gasteiger partial charge in [-0.2, -0.15) is 0 Å². The van der Waals surface area contributed by atoms with Crippen molar-refractivity contribution in [2.24, 2.45) is 0 Å². The number of carboxylic acid groups (broad SMARTS) is 1. The van der Waals surface area contributed by atoms with Crippen molar-refractivity contribution < 1.29 is 14.7 Å². The summed E-state index contributed by atoms with van der Waals surface area (Å²) in [5.74, 6) is -0.837.